The van der Waals surface area contributed by atoms with Gasteiger partial charge in [-0.25, -0.2) is 9.97 Å². The second-order valence-electron chi connectivity index (χ2n) is 9.43. The molecule has 3 N–H and O–H groups in total. The van der Waals surface area contributed by atoms with Crippen LogP contribution in [0.4, 0.5) is 17.3 Å². The van der Waals surface area contributed by atoms with Gasteiger partial charge in [-0.05, 0) is 24.5 Å². The van der Waals surface area contributed by atoms with Gasteiger partial charge < -0.3 is 25.4 Å². The molecule has 0 saturated carbocycles. The summed E-state index contributed by atoms with van der Waals surface area (Å²) < 4.78 is 1.98. The molecule has 176 valence electrons. The van der Waals surface area contributed by atoms with Crippen LogP contribution in [0.25, 0.3) is 22.3 Å². The van der Waals surface area contributed by atoms with Gasteiger partial charge in [0.05, 0.1) is 35.5 Å². The third kappa shape index (κ3) is 3.17. The van der Waals surface area contributed by atoms with Crippen LogP contribution in [0.2, 0.25) is 0 Å². The van der Waals surface area contributed by atoms with E-state index in [9.17, 15) is 4.79 Å². The number of hydrogen-bond donors (Lipinski definition) is 3. The minimum Gasteiger partial charge on any atom is -0.351 e. The first-order valence-corrected chi connectivity index (χ1v) is 11.9. The lowest BCUT2D eigenvalue weighted by atomic mass is 10.0. The quantitative estimate of drug-likeness (QED) is 0.419. The highest BCUT2D eigenvalue weighted by molar-refractivity contribution is 6.06. The second-order valence-corrected chi connectivity index (χ2v) is 9.43. The van der Waals surface area contributed by atoms with Crippen molar-refractivity contribution in [3.63, 3.8) is 0 Å². The Hall–Kier alpha value is -4.05. The average molecular weight is 468 g/mol. The summed E-state index contributed by atoms with van der Waals surface area (Å²) in [6, 6.07) is 4.45. The van der Waals surface area contributed by atoms with E-state index in [1.165, 1.54) is 6.42 Å². The van der Waals surface area contributed by atoms with Crippen LogP contribution >= 0.6 is 0 Å². The van der Waals surface area contributed by atoms with Crippen molar-refractivity contribution in [3.05, 3.63) is 54.2 Å². The summed E-state index contributed by atoms with van der Waals surface area (Å²) in [5, 5.41) is 10.8. The molecule has 4 aromatic rings. The second kappa shape index (κ2) is 7.74. The maximum absolute atomic E-state index is 12.9. The van der Waals surface area contributed by atoms with E-state index in [0.717, 1.165) is 53.3 Å². The molecule has 10 nitrogen and oxygen atoms in total. The number of rotatable bonds is 4. The molecule has 0 spiro atoms. The highest BCUT2D eigenvalue weighted by atomic mass is 16.1. The third-order valence-electron chi connectivity index (χ3n) is 7.48. The normalized spacial score (nSPS) is 20.8. The molecule has 7 heterocycles. The summed E-state index contributed by atoms with van der Waals surface area (Å²) in [4.78, 5) is 33.8. The maximum Gasteiger partial charge on any atom is 0.254 e. The average Bonchev–Trinajstić information content (AvgIpc) is 3.65. The molecule has 4 aromatic heterocycles. The minimum atomic E-state index is -0.118. The van der Waals surface area contributed by atoms with Crippen LogP contribution in [-0.4, -0.2) is 56.1 Å². The molecular weight excluding hydrogens is 442 g/mol. The Balaban J connectivity index is 1.25. The molecule has 3 aliphatic rings. The van der Waals surface area contributed by atoms with Gasteiger partial charge in [0.2, 0.25) is 0 Å². The number of carbonyl (C=O) groups excluding carboxylic acids is 1. The number of hydrogen-bond acceptors (Lipinski definition) is 8. The van der Waals surface area contributed by atoms with Gasteiger partial charge in [-0.15, -0.1) is 0 Å². The molecule has 0 aromatic carbocycles. The molecule has 0 aliphatic carbocycles. The van der Waals surface area contributed by atoms with E-state index in [1.807, 2.05) is 36.1 Å². The van der Waals surface area contributed by atoms with Crippen LogP contribution in [0.3, 0.4) is 0 Å². The fourth-order valence-electron chi connectivity index (χ4n) is 5.76. The lowest BCUT2D eigenvalue weighted by molar-refractivity contribution is 0.0966. The number of nitrogens with one attached hydrogen (secondary N) is 3. The van der Waals surface area contributed by atoms with Crippen molar-refractivity contribution in [1.82, 2.24) is 35.1 Å². The van der Waals surface area contributed by atoms with Crippen molar-refractivity contribution in [3.8, 4) is 11.3 Å². The lowest BCUT2D eigenvalue weighted by Crippen LogP contribution is -2.34. The van der Waals surface area contributed by atoms with Crippen LogP contribution in [-0.2, 0) is 13.6 Å². The number of pyridine rings is 2. The number of aryl methyl sites for hydroxylation is 1. The van der Waals surface area contributed by atoms with E-state index in [-0.39, 0.29) is 5.91 Å². The van der Waals surface area contributed by atoms with Crippen LogP contribution in [0.5, 0.6) is 0 Å². The van der Waals surface area contributed by atoms with E-state index in [1.54, 1.807) is 18.6 Å². The molecule has 10 heteroatoms. The number of anilines is 3. The van der Waals surface area contributed by atoms with Gasteiger partial charge in [-0.2, -0.15) is 0 Å². The van der Waals surface area contributed by atoms with Crippen molar-refractivity contribution in [2.75, 3.05) is 29.9 Å². The van der Waals surface area contributed by atoms with E-state index in [4.69, 9.17) is 9.97 Å². The molecular formula is C25H25N9O. The highest BCUT2D eigenvalue weighted by Crippen LogP contribution is 2.36. The molecule has 2 fully saturated rings. The van der Waals surface area contributed by atoms with Crippen molar-refractivity contribution in [1.29, 1.82) is 0 Å². The van der Waals surface area contributed by atoms with Crippen LogP contribution in [0.15, 0.2) is 43.1 Å². The van der Waals surface area contributed by atoms with Crippen molar-refractivity contribution < 1.29 is 4.79 Å². The standard InChI is InChI=1S/C25H25N9O/c1-33-6-4-16-15(2-5-28-24(16)33)23-17-9-30-25(35)22(17)18(10-29-23)31-20-12-27-13-21(32-20)34-7-3-14-8-26-11-19(14)34/h2,4-6,10,12-14,19,26H,3,7-9,11H2,1H3,(H,30,35)(H,31,32)/t14-,19+/m1/s1. The van der Waals surface area contributed by atoms with Gasteiger partial charge in [0.15, 0.2) is 5.82 Å². The summed E-state index contributed by atoms with van der Waals surface area (Å²) in [7, 11) is 1.97. The van der Waals surface area contributed by atoms with Crippen molar-refractivity contribution in [2.24, 2.45) is 13.0 Å². The number of nitrogens with zero attached hydrogens (tertiary/aromatic N) is 6. The molecule has 0 unspecified atom stereocenters. The fraction of sp³-hybridized carbons (Fsp3) is 0.320. The van der Waals surface area contributed by atoms with Gasteiger partial charge in [-0.1, -0.05) is 0 Å². The Bertz CT molecular complexity index is 1480. The molecule has 1 amide bonds. The minimum absolute atomic E-state index is 0.118. The first-order valence-electron chi connectivity index (χ1n) is 11.9. The Morgan fingerprint density at radius 3 is 3.03 bits per heavy atom. The highest BCUT2D eigenvalue weighted by Gasteiger charge is 2.38. The van der Waals surface area contributed by atoms with E-state index >= 15 is 0 Å². The monoisotopic (exact) mass is 467 g/mol. The smallest absolute Gasteiger partial charge is 0.254 e. The SMILES string of the molecule is Cn1ccc2c(-c3ncc(Nc4cncc(N5CC[C@@H]6CNC[C@@H]65)n4)c4c3CNC4=O)ccnc21. The zero-order chi connectivity index (χ0) is 23.5. The summed E-state index contributed by atoms with van der Waals surface area (Å²) >= 11 is 0. The summed E-state index contributed by atoms with van der Waals surface area (Å²) in [5.74, 6) is 2.01. The van der Waals surface area contributed by atoms with E-state index < -0.39 is 0 Å². The number of fused-ring (bicyclic) bond motifs is 3. The molecule has 2 saturated heterocycles. The summed E-state index contributed by atoms with van der Waals surface area (Å²) in [6.45, 7) is 3.46. The van der Waals surface area contributed by atoms with Crippen LogP contribution in [0.1, 0.15) is 22.3 Å². The first kappa shape index (κ1) is 20.3. The van der Waals surface area contributed by atoms with Gasteiger partial charge in [-0.3, -0.25) is 14.8 Å². The van der Waals surface area contributed by atoms with E-state index in [0.29, 0.717) is 35.6 Å². The van der Waals surface area contributed by atoms with Crippen molar-refractivity contribution >= 4 is 34.3 Å². The maximum atomic E-state index is 12.9. The molecule has 0 bridgehead atoms. The Morgan fingerprint density at radius 2 is 2.09 bits per heavy atom. The molecule has 35 heavy (non-hydrogen) atoms. The summed E-state index contributed by atoms with van der Waals surface area (Å²) in [5.41, 5.74) is 4.74. The van der Waals surface area contributed by atoms with Gasteiger partial charge in [0.25, 0.3) is 5.91 Å². The zero-order valence-corrected chi connectivity index (χ0v) is 19.3. The van der Waals surface area contributed by atoms with Crippen LogP contribution < -0.4 is 20.9 Å². The van der Waals surface area contributed by atoms with E-state index in [2.05, 4.69) is 30.8 Å². The van der Waals surface area contributed by atoms with Gasteiger partial charge in [0, 0.05) is 68.2 Å². The van der Waals surface area contributed by atoms with Crippen LogP contribution in [0, 0.1) is 5.92 Å². The number of aromatic nitrogens is 5. The number of amides is 1. The predicted octanol–water partition coefficient (Wildman–Crippen LogP) is 2.21. The largest absolute Gasteiger partial charge is 0.351 e. The van der Waals surface area contributed by atoms with Crippen molar-refractivity contribution in [2.45, 2.75) is 19.0 Å². The van der Waals surface area contributed by atoms with Gasteiger partial charge >= 0.3 is 0 Å². The zero-order valence-electron chi connectivity index (χ0n) is 19.3. The molecule has 3 aliphatic heterocycles. The fourth-order valence-corrected chi connectivity index (χ4v) is 5.76. The first-order chi connectivity index (χ1) is 17.2. The Kier molecular flexibility index (Phi) is 4.50. The Labute approximate surface area is 201 Å². The Morgan fingerprint density at radius 1 is 1.14 bits per heavy atom. The molecule has 2 atom stereocenters. The summed E-state index contributed by atoms with van der Waals surface area (Å²) in [6.07, 6.45) is 10.2. The lowest BCUT2D eigenvalue weighted by Gasteiger charge is -2.24. The molecule has 7 rings (SSSR count). The third-order valence-corrected chi connectivity index (χ3v) is 7.48. The predicted molar refractivity (Wildman–Crippen MR) is 133 cm³/mol. The number of carbonyl (C=O) groups is 1. The van der Waals surface area contributed by atoms with Gasteiger partial charge in [0.1, 0.15) is 11.5 Å². The topological polar surface area (TPSA) is 113 Å². The molecule has 0 radical (unpaired) electrons.